The minimum Gasteiger partial charge on any atom is -0.506 e. The maximum atomic E-state index is 12.3. The van der Waals surface area contributed by atoms with Crippen LogP contribution in [0.1, 0.15) is 5.76 Å². The van der Waals surface area contributed by atoms with E-state index in [1.165, 1.54) is 12.1 Å². The summed E-state index contributed by atoms with van der Waals surface area (Å²) in [5, 5.41) is 21.5. The molecule has 0 aliphatic carbocycles. The zero-order valence-electron chi connectivity index (χ0n) is 13.4. The number of nitriles is 1. The molecule has 0 atom stereocenters. The number of para-hydroxylation sites is 2. The van der Waals surface area contributed by atoms with Crippen molar-refractivity contribution in [2.24, 2.45) is 0 Å². The average molecular weight is 409 g/mol. The number of phenolic OH excluding ortho intramolecular Hbond substituents is 1. The number of benzene rings is 2. The summed E-state index contributed by atoms with van der Waals surface area (Å²) in [6, 6.07) is 19.2. The first-order valence-corrected chi connectivity index (χ1v) is 8.43. The second-order valence-electron chi connectivity index (χ2n) is 5.35. The zero-order chi connectivity index (χ0) is 18.5. The van der Waals surface area contributed by atoms with E-state index in [-0.39, 0.29) is 17.0 Å². The van der Waals surface area contributed by atoms with E-state index in [1.807, 2.05) is 30.3 Å². The van der Waals surface area contributed by atoms with Gasteiger partial charge in [0, 0.05) is 16.1 Å². The third-order valence-electron chi connectivity index (χ3n) is 3.56. The van der Waals surface area contributed by atoms with E-state index in [1.54, 1.807) is 30.3 Å². The highest BCUT2D eigenvalue weighted by Gasteiger charge is 2.13. The Labute approximate surface area is 158 Å². The Kier molecular flexibility index (Phi) is 5.20. The first-order valence-electron chi connectivity index (χ1n) is 7.64. The molecule has 3 aromatic rings. The van der Waals surface area contributed by atoms with Crippen LogP contribution in [0.15, 0.2) is 75.1 Å². The van der Waals surface area contributed by atoms with Crippen LogP contribution in [0.4, 0.5) is 5.69 Å². The third kappa shape index (κ3) is 4.02. The molecule has 2 aromatic carbocycles. The van der Waals surface area contributed by atoms with Crippen LogP contribution in [0, 0.1) is 11.3 Å². The van der Waals surface area contributed by atoms with E-state index in [4.69, 9.17) is 4.42 Å². The summed E-state index contributed by atoms with van der Waals surface area (Å²) in [7, 11) is 0. The van der Waals surface area contributed by atoms with Crippen molar-refractivity contribution in [1.82, 2.24) is 0 Å². The second-order valence-corrected chi connectivity index (χ2v) is 6.27. The van der Waals surface area contributed by atoms with Crippen LogP contribution in [0.5, 0.6) is 5.75 Å². The fourth-order valence-corrected chi connectivity index (χ4v) is 2.52. The van der Waals surface area contributed by atoms with E-state index < -0.39 is 5.91 Å². The van der Waals surface area contributed by atoms with Crippen LogP contribution in [-0.4, -0.2) is 11.0 Å². The molecule has 1 heterocycles. The largest absolute Gasteiger partial charge is 0.506 e. The van der Waals surface area contributed by atoms with Gasteiger partial charge in [-0.3, -0.25) is 4.79 Å². The molecule has 2 N–H and O–H groups in total. The van der Waals surface area contributed by atoms with Gasteiger partial charge in [0.25, 0.3) is 5.91 Å². The molecule has 0 saturated heterocycles. The average Bonchev–Trinajstić information content (AvgIpc) is 3.10. The van der Waals surface area contributed by atoms with Crippen LogP contribution in [0.25, 0.3) is 17.4 Å². The molecule has 0 fully saturated rings. The molecule has 0 saturated carbocycles. The number of aromatic hydroxyl groups is 1. The van der Waals surface area contributed by atoms with E-state index >= 15 is 0 Å². The molecular formula is C20H13BrN2O3. The van der Waals surface area contributed by atoms with Crippen LogP contribution < -0.4 is 5.32 Å². The van der Waals surface area contributed by atoms with Gasteiger partial charge in [0.1, 0.15) is 28.9 Å². The second kappa shape index (κ2) is 7.72. The Hall–Kier alpha value is -3.30. The van der Waals surface area contributed by atoms with E-state index in [9.17, 15) is 15.2 Å². The van der Waals surface area contributed by atoms with Crippen LogP contribution in [0.3, 0.4) is 0 Å². The van der Waals surface area contributed by atoms with Gasteiger partial charge in [0.2, 0.25) is 0 Å². The number of halogens is 1. The summed E-state index contributed by atoms with van der Waals surface area (Å²) < 4.78 is 6.65. The number of carbonyl (C=O) groups excluding carboxylic acids is 1. The lowest BCUT2D eigenvalue weighted by molar-refractivity contribution is -0.112. The lowest BCUT2D eigenvalue weighted by Crippen LogP contribution is -2.13. The molecule has 6 heteroatoms. The molecule has 0 unspecified atom stereocenters. The number of carbonyl (C=O) groups is 1. The number of phenols is 1. The summed E-state index contributed by atoms with van der Waals surface area (Å²) in [4.78, 5) is 12.3. The molecular weight excluding hydrogens is 396 g/mol. The van der Waals surface area contributed by atoms with E-state index in [0.29, 0.717) is 11.5 Å². The van der Waals surface area contributed by atoms with Crippen LogP contribution in [-0.2, 0) is 4.79 Å². The Bertz CT molecular complexity index is 1010. The summed E-state index contributed by atoms with van der Waals surface area (Å²) in [6.07, 6.45) is 1.36. The summed E-state index contributed by atoms with van der Waals surface area (Å²) >= 11 is 3.38. The molecule has 0 aliphatic heterocycles. The van der Waals surface area contributed by atoms with Gasteiger partial charge in [-0.15, -0.1) is 0 Å². The van der Waals surface area contributed by atoms with Crippen molar-refractivity contribution in [2.45, 2.75) is 0 Å². The molecule has 5 nitrogen and oxygen atoms in total. The third-order valence-corrected chi connectivity index (χ3v) is 4.09. The standard InChI is InChI=1S/C20H13BrN2O3/c21-15-7-5-13(6-8-15)19-10-9-16(26-19)11-14(12-22)20(25)23-17-3-1-2-4-18(17)24/h1-11,24H,(H,23,25)/b14-11-. The number of nitrogens with zero attached hydrogens (tertiary/aromatic N) is 1. The fourth-order valence-electron chi connectivity index (χ4n) is 2.26. The van der Waals surface area contributed by atoms with Gasteiger partial charge < -0.3 is 14.8 Å². The van der Waals surface area contributed by atoms with Crippen molar-refractivity contribution in [3.63, 3.8) is 0 Å². The Morgan fingerprint density at radius 3 is 2.54 bits per heavy atom. The van der Waals surface area contributed by atoms with Gasteiger partial charge in [-0.1, -0.05) is 40.2 Å². The molecule has 26 heavy (non-hydrogen) atoms. The number of amides is 1. The first kappa shape index (κ1) is 17.5. The molecule has 0 radical (unpaired) electrons. The van der Waals surface area contributed by atoms with Crippen molar-refractivity contribution < 1.29 is 14.3 Å². The molecule has 1 amide bonds. The minimum atomic E-state index is -0.629. The first-order chi connectivity index (χ1) is 12.6. The van der Waals surface area contributed by atoms with Gasteiger partial charge in [-0.05, 0) is 36.4 Å². The van der Waals surface area contributed by atoms with Gasteiger partial charge >= 0.3 is 0 Å². The van der Waals surface area contributed by atoms with Crippen molar-refractivity contribution >= 4 is 33.6 Å². The molecule has 128 valence electrons. The van der Waals surface area contributed by atoms with Gasteiger partial charge in [0.05, 0.1) is 5.69 Å². The predicted molar refractivity (Wildman–Crippen MR) is 102 cm³/mol. The SMILES string of the molecule is N#C/C(=C/c1ccc(-c2ccc(Br)cc2)o1)C(=O)Nc1ccccc1O. The van der Waals surface area contributed by atoms with E-state index in [0.717, 1.165) is 10.0 Å². The molecule has 0 bridgehead atoms. The fraction of sp³-hybridized carbons (Fsp3) is 0. The number of furan rings is 1. The lowest BCUT2D eigenvalue weighted by atomic mass is 10.2. The molecule has 1 aromatic heterocycles. The smallest absolute Gasteiger partial charge is 0.266 e. The maximum absolute atomic E-state index is 12.3. The van der Waals surface area contributed by atoms with Gasteiger partial charge in [0.15, 0.2) is 0 Å². The number of nitrogens with one attached hydrogen (secondary N) is 1. The number of hydrogen-bond donors (Lipinski definition) is 2. The number of rotatable bonds is 4. The van der Waals surface area contributed by atoms with Gasteiger partial charge in [-0.2, -0.15) is 5.26 Å². The summed E-state index contributed by atoms with van der Waals surface area (Å²) in [5.41, 5.74) is 0.976. The van der Waals surface area contributed by atoms with E-state index in [2.05, 4.69) is 21.2 Å². The maximum Gasteiger partial charge on any atom is 0.266 e. The molecule has 3 rings (SSSR count). The highest BCUT2D eigenvalue weighted by Crippen LogP contribution is 2.26. The normalized spacial score (nSPS) is 11.0. The summed E-state index contributed by atoms with van der Waals surface area (Å²) in [6.45, 7) is 0. The topological polar surface area (TPSA) is 86.3 Å². The van der Waals surface area contributed by atoms with Gasteiger partial charge in [-0.25, -0.2) is 0 Å². The van der Waals surface area contributed by atoms with Crippen molar-refractivity contribution in [2.75, 3.05) is 5.32 Å². The predicted octanol–water partition coefficient (Wildman–Crippen LogP) is 4.96. The number of anilines is 1. The Morgan fingerprint density at radius 2 is 1.85 bits per heavy atom. The highest BCUT2D eigenvalue weighted by molar-refractivity contribution is 9.10. The monoisotopic (exact) mass is 408 g/mol. The van der Waals surface area contributed by atoms with Crippen LogP contribution >= 0.6 is 15.9 Å². The summed E-state index contributed by atoms with van der Waals surface area (Å²) in [5.74, 6) is 0.304. The van der Waals surface area contributed by atoms with Crippen molar-refractivity contribution in [3.05, 3.63) is 76.5 Å². The molecule has 0 aliphatic rings. The number of hydrogen-bond acceptors (Lipinski definition) is 4. The Balaban J connectivity index is 1.81. The zero-order valence-corrected chi connectivity index (χ0v) is 15.0. The van der Waals surface area contributed by atoms with Crippen molar-refractivity contribution in [3.8, 4) is 23.1 Å². The Morgan fingerprint density at radius 1 is 1.12 bits per heavy atom. The minimum absolute atomic E-state index is 0.0753. The van der Waals surface area contributed by atoms with Crippen LogP contribution in [0.2, 0.25) is 0 Å². The highest BCUT2D eigenvalue weighted by atomic mass is 79.9. The van der Waals surface area contributed by atoms with Crippen molar-refractivity contribution in [1.29, 1.82) is 5.26 Å². The quantitative estimate of drug-likeness (QED) is 0.362. The molecule has 0 spiro atoms. The lowest BCUT2D eigenvalue weighted by Gasteiger charge is -2.05.